The van der Waals surface area contributed by atoms with Crippen molar-refractivity contribution in [3.05, 3.63) is 28.8 Å². The topological polar surface area (TPSA) is 35.5 Å². The zero-order chi connectivity index (χ0) is 13.1. The number of benzene rings is 1. The van der Waals surface area contributed by atoms with Gasteiger partial charge < -0.3 is 15.3 Å². The summed E-state index contributed by atoms with van der Waals surface area (Å²) in [5, 5.41) is 13.4. The molecule has 0 radical (unpaired) electrons. The van der Waals surface area contributed by atoms with Gasteiger partial charge in [0.1, 0.15) is 5.75 Å². The smallest absolute Gasteiger partial charge is 0.119 e. The molecule has 0 unspecified atom stereocenters. The molecular formula is C16H24N2O. The second-order valence-corrected chi connectivity index (χ2v) is 5.75. The first-order valence-corrected chi connectivity index (χ1v) is 7.60. The number of phenolic OH excluding ortho intramolecular Hbond substituents is 1. The third-order valence-corrected chi connectivity index (χ3v) is 4.51. The number of hydrogen-bond donors (Lipinski definition) is 2. The van der Waals surface area contributed by atoms with Gasteiger partial charge in [0.25, 0.3) is 0 Å². The molecule has 1 aliphatic heterocycles. The van der Waals surface area contributed by atoms with E-state index in [4.69, 9.17) is 0 Å². The van der Waals surface area contributed by atoms with Crippen LogP contribution < -0.4 is 5.32 Å². The maximum Gasteiger partial charge on any atom is 0.119 e. The molecule has 3 rings (SSSR count). The van der Waals surface area contributed by atoms with Crippen LogP contribution in [0.25, 0.3) is 0 Å². The van der Waals surface area contributed by atoms with Gasteiger partial charge in [-0.05, 0) is 54.9 Å². The van der Waals surface area contributed by atoms with Crippen LogP contribution >= 0.6 is 0 Å². The normalized spacial score (nSPS) is 20.2. The van der Waals surface area contributed by atoms with Crippen LogP contribution in [-0.2, 0) is 19.3 Å². The molecular weight excluding hydrogens is 236 g/mol. The van der Waals surface area contributed by atoms with Gasteiger partial charge in [0, 0.05) is 32.7 Å². The first-order chi connectivity index (χ1) is 9.34. The van der Waals surface area contributed by atoms with Crippen molar-refractivity contribution >= 4 is 0 Å². The highest BCUT2D eigenvalue weighted by Gasteiger charge is 2.17. The van der Waals surface area contributed by atoms with Gasteiger partial charge in [0.05, 0.1) is 0 Å². The molecule has 0 saturated carbocycles. The molecule has 19 heavy (non-hydrogen) atoms. The predicted molar refractivity (Wildman–Crippen MR) is 77.8 cm³/mol. The molecule has 2 aliphatic rings. The monoisotopic (exact) mass is 260 g/mol. The van der Waals surface area contributed by atoms with Gasteiger partial charge in [-0.1, -0.05) is 6.07 Å². The minimum Gasteiger partial charge on any atom is -0.508 e. The van der Waals surface area contributed by atoms with Crippen molar-refractivity contribution in [2.45, 2.75) is 32.1 Å². The van der Waals surface area contributed by atoms with E-state index in [0.717, 1.165) is 38.9 Å². The highest BCUT2D eigenvalue weighted by atomic mass is 16.3. The molecule has 104 valence electrons. The summed E-state index contributed by atoms with van der Waals surface area (Å²) in [6, 6.07) is 4.04. The third kappa shape index (κ3) is 2.93. The Morgan fingerprint density at radius 2 is 1.79 bits per heavy atom. The molecule has 1 aromatic carbocycles. The molecule has 3 heteroatoms. The molecule has 1 aliphatic carbocycles. The first kappa shape index (κ1) is 12.9. The molecule has 0 atom stereocenters. The number of fused-ring (bicyclic) bond motifs is 1. The highest BCUT2D eigenvalue weighted by molar-refractivity contribution is 5.45. The van der Waals surface area contributed by atoms with Crippen LogP contribution in [0.5, 0.6) is 5.75 Å². The van der Waals surface area contributed by atoms with E-state index in [1.807, 2.05) is 6.07 Å². The van der Waals surface area contributed by atoms with Crippen molar-refractivity contribution in [1.82, 2.24) is 10.2 Å². The molecule has 0 amide bonds. The standard InChI is InChI=1S/C16H24N2O/c19-16-6-5-13(14-3-1-2-4-15(14)16)7-10-18-11-8-17-9-12-18/h5-6,17,19H,1-4,7-12H2. The van der Waals surface area contributed by atoms with Crippen LogP contribution in [0, 0.1) is 0 Å². The Balaban J connectivity index is 1.70. The number of aromatic hydroxyl groups is 1. The Hall–Kier alpha value is -1.06. The van der Waals surface area contributed by atoms with Crippen molar-refractivity contribution in [3.8, 4) is 5.75 Å². The summed E-state index contributed by atoms with van der Waals surface area (Å²) in [6.07, 6.45) is 5.84. The van der Waals surface area contributed by atoms with Gasteiger partial charge >= 0.3 is 0 Å². The average Bonchev–Trinajstić information content (AvgIpc) is 2.48. The van der Waals surface area contributed by atoms with Crippen molar-refractivity contribution in [3.63, 3.8) is 0 Å². The summed E-state index contributed by atoms with van der Waals surface area (Å²) in [5.41, 5.74) is 4.14. The number of nitrogens with zero attached hydrogens (tertiary/aromatic N) is 1. The SMILES string of the molecule is Oc1ccc(CCN2CCNCC2)c2c1CCCC2. The van der Waals surface area contributed by atoms with Crippen LogP contribution in [0.15, 0.2) is 12.1 Å². The lowest BCUT2D eigenvalue weighted by Crippen LogP contribution is -2.44. The van der Waals surface area contributed by atoms with Crippen LogP contribution in [0.2, 0.25) is 0 Å². The quantitative estimate of drug-likeness (QED) is 0.868. The maximum atomic E-state index is 9.98. The fraction of sp³-hybridized carbons (Fsp3) is 0.625. The van der Waals surface area contributed by atoms with E-state index < -0.39 is 0 Å². The number of hydrogen-bond acceptors (Lipinski definition) is 3. The van der Waals surface area contributed by atoms with E-state index in [2.05, 4.69) is 16.3 Å². The van der Waals surface area contributed by atoms with Crippen LogP contribution in [0.4, 0.5) is 0 Å². The molecule has 1 saturated heterocycles. The van der Waals surface area contributed by atoms with Gasteiger partial charge in [0.15, 0.2) is 0 Å². The van der Waals surface area contributed by atoms with Crippen molar-refractivity contribution in [2.75, 3.05) is 32.7 Å². The summed E-state index contributed by atoms with van der Waals surface area (Å²) in [5.74, 6) is 0.514. The zero-order valence-electron chi connectivity index (χ0n) is 11.6. The largest absolute Gasteiger partial charge is 0.508 e. The summed E-state index contributed by atoms with van der Waals surface area (Å²) >= 11 is 0. The number of nitrogens with one attached hydrogen (secondary N) is 1. The summed E-state index contributed by atoms with van der Waals surface area (Å²) in [6.45, 7) is 5.72. The first-order valence-electron chi connectivity index (χ1n) is 7.60. The Bertz CT molecular complexity index is 439. The fourth-order valence-corrected chi connectivity index (χ4v) is 3.37. The summed E-state index contributed by atoms with van der Waals surface area (Å²) in [7, 11) is 0. The fourth-order valence-electron chi connectivity index (χ4n) is 3.37. The third-order valence-electron chi connectivity index (χ3n) is 4.51. The van der Waals surface area contributed by atoms with E-state index in [0.29, 0.717) is 5.75 Å². The lowest BCUT2D eigenvalue weighted by atomic mass is 9.86. The Kier molecular flexibility index (Phi) is 4.04. The second-order valence-electron chi connectivity index (χ2n) is 5.75. The predicted octanol–water partition coefficient (Wildman–Crippen LogP) is 1.72. The molecule has 0 bridgehead atoms. The van der Waals surface area contributed by atoms with E-state index in [1.54, 1.807) is 0 Å². The van der Waals surface area contributed by atoms with Gasteiger partial charge in [-0.15, -0.1) is 0 Å². The number of piperazine rings is 1. The summed E-state index contributed by atoms with van der Waals surface area (Å²) in [4.78, 5) is 2.54. The molecule has 0 aromatic heterocycles. The van der Waals surface area contributed by atoms with E-state index in [1.165, 1.54) is 42.6 Å². The Labute approximate surface area is 115 Å². The van der Waals surface area contributed by atoms with Crippen molar-refractivity contribution in [1.29, 1.82) is 0 Å². The maximum absolute atomic E-state index is 9.98. The zero-order valence-corrected chi connectivity index (χ0v) is 11.6. The Morgan fingerprint density at radius 3 is 2.58 bits per heavy atom. The van der Waals surface area contributed by atoms with E-state index in [-0.39, 0.29) is 0 Å². The molecule has 3 nitrogen and oxygen atoms in total. The van der Waals surface area contributed by atoms with Gasteiger partial charge in [-0.3, -0.25) is 0 Å². The van der Waals surface area contributed by atoms with Crippen molar-refractivity contribution in [2.24, 2.45) is 0 Å². The van der Waals surface area contributed by atoms with Gasteiger partial charge in [-0.2, -0.15) is 0 Å². The molecule has 2 N–H and O–H groups in total. The van der Waals surface area contributed by atoms with Crippen LogP contribution in [0.1, 0.15) is 29.5 Å². The van der Waals surface area contributed by atoms with Gasteiger partial charge in [-0.25, -0.2) is 0 Å². The minimum absolute atomic E-state index is 0.514. The van der Waals surface area contributed by atoms with Gasteiger partial charge in [0.2, 0.25) is 0 Å². The lowest BCUT2D eigenvalue weighted by molar-refractivity contribution is 0.243. The van der Waals surface area contributed by atoms with E-state index >= 15 is 0 Å². The Morgan fingerprint density at radius 1 is 1.05 bits per heavy atom. The minimum atomic E-state index is 0.514. The van der Waals surface area contributed by atoms with E-state index in [9.17, 15) is 5.11 Å². The van der Waals surface area contributed by atoms with Crippen molar-refractivity contribution < 1.29 is 5.11 Å². The van der Waals surface area contributed by atoms with Crippen LogP contribution in [0.3, 0.4) is 0 Å². The molecule has 1 fully saturated rings. The average molecular weight is 260 g/mol. The number of phenols is 1. The summed E-state index contributed by atoms with van der Waals surface area (Å²) < 4.78 is 0. The molecule has 0 spiro atoms. The number of rotatable bonds is 3. The molecule has 1 heterocycles. The van der Waals surface area contributed by atoms with Crippen LogP contribution in [-0.4, -0.2) is 42.7 Å². The lowest BCUT2D eigenvalue weighted by Gasteiger charge is -2.28. The highest BCUT2D eigenvalue weighted by Crippen LogP contribution is 2.31. The molecule has 1 aromatic rings. The second kappa shape index (κ2) is 5.93.